The fraction of sp³-hybridized carbons (Fsp3) is 0.188. The summed E-state index contributed by atoms with van der Waals surface area (Å²) in [4.78, 5) is 22.7. The van der Waals surface area contributed by atoms with Crippen LogP contribution in [0, 0.1) is 40.3 Å². The van der Waals surface area contributed by atoms with E-state index in [-0.39, 0.29) is 17.4 Å². The van der Waals surface area contributed by atoms with Crippen LogP contribution in [0.1, 0.15) is 21.7 Å². The van der Waals surface area contributed by atoms with Crippen LogP contribution in [0.15, 0.2) is 18.5 Å². The molecule has 152 valence electrons. The minimum Gasteiger partial charge on any atom is -0.318 e. The highest BCUT2D eigenvalue weighted by molar-refractivity contribution is 6.05. The van der Waals surface area contributed by atoms with E-state index in [2.05, 4.69) is 15.5 Å². The summed E-state index contributed by atoms with van der Waals surface area (Å²) in [6, 6.07) is 0.211. The molecule has 13 heteroatoms. The normalized spacial score (nSPS) is 11.0. The maximum atomic E-state index is 13.8. The number of carbonyl (C=O) groups excluding carboxylic acids is 1. The molecule has 0 saturated heterocycles. The molecule has 0 aliphatic carbocycles. The van der Waals surface area contributed by atoms with Crippen LogP contribution in [0.2, 0.25) is 0 Å². The van der Waals surface area contributed by atoms with Crippen molar-refractivity contribution in [2.75, 3.05) is 5.32 Å². The molecule has 2 aromatic heterocycles. The topological polar surface area (TPSA) is 108 Å². The van der Waals surface area contributed by atoms with Crippen LogP contribution in [0.5, 0.6) is 0 Å². The van der Waals surface area contributed by atoms with Crippen LogP contribution in [-0.4, -0.2) is 30.4 Å². The Balaban J connectivity index is 1.82. The van der Waals surface area contributed by atoms with Gasteiger partial charge in [-0.25, -0.2) is 17.6 Å². The van der Waals surface area contributed by atoms with Crippen LogP contribution in [0.4, 0.5) is 28.9 Å². The predicted molar refractivity (Wildman–Crippen MR) is 90.2 cm³/mol. The first-order valence-electron chi connectivity index (χ1n) is 7.93. The maximum absolute atomic E-state index is 13.8. The van der Waals surface area contributed by atoms with Gasteiger partial charge in [0, 0.05) is 24.9 Å². The minimum absolute atomic E-state index is 0.0380. The Morgan fingerprint density at radius 3 is 2.59 bits per heavy atom. The van der Waals surface area contributed by atoms with Crippen LogP contribution >= 0.6 is 0 Å². The third kappa shape index (κ3) is 3.66. The Labute approximate surface area is 159 Å². The molecule has 1 aromatic carbocycles. The summed E-state index contributed by atoms with van der Waals surface area (Å²) in [5.74, 6) is -7.38. The van der Waals surface area contributed by atoms with Gasteiger partial charge in [-0.15, -0.1) is 0 Å². The fourth-order valence-electron chi connectivity index (χ4n) is 2.58. The highest BCUT2D eigenvalue weighted by Crippen LogP contribution is 2.24. The number of nitrogens with one attached hydrogen (secondary N) is 1. The van der Waals surface area contributed by atoms with Gasteiger partial charge in [-0.3, -0.25) is 24.3 Å². The molecule has 3 aromatic rings. The summed E-state index contributed by atoms with van der Waals surface area (Å²) < 4.78 is 56.0. The molecule has 0 aliphatic rings. The molecule has 0 bridgehead atoms. The van der Waals surface area contributed by atoms with Gasteiger partial charge in [0.25, 0.3) is 5.91 Å². The number of anilines is 1. The van der Waals surface area contributed by atoms with Crippen molar-refractivity contribution < 1.29 is 27.3 Å². The fourth-order valence-corrected chi connectivity index (χ4v) is 2.58. The van der Waals surface area contributed by atoms with Crippen molar-refractivity contribution in [2.24, 2.45) is 7.05 Å². The molecule has 1 amide bonds. The number of nitro groups is 1. The number of carbonyl (C=O) groups is 1. The van der Waals surface area contributed by atoms with Gasteiger partial charge in [-0.1, -0.05) is 0 Å². The van der Waals surface area contributed by atoms with Crippen LogP contribution in [0.3, 0.4) is 0 Å². The molecule has 0 atom stereocenters. The van der Waals surface area contributed by atoms with E-state index in [1.165, 1.54) is 18.7 Å². The van der Waals surface area contributed by atoms with Crippen LogP contribution in [0.25, 0.3) is 0 Å². The first kappa shape index (κ1) is 20.0. The summed E-state index contributed by atoms with van der Waals surface area (Å²) in [5.41, 5.74) is -1.46. The van der Waals surface area contributed by atoms with E-state index in [1.807, 2.05) is 0 Å². The monoisotopic (exact) mass is 412 g/mol. The predicted octanol–water partition coefficient (Wildman–Crippen LogP) is 2.69. The average molecular weight is 412 g/mol. The molecule has 0 spiro atoms. The number of benzene rings is 1. The number of nitrogens with zero attached hydrogens (tertiary/aromatic N) is 5. The molecular formula is C16H12F4N6O3. The van der Waals surface area contributed by atoms with E-state index in [0.717, 1.165) is 17.1 Å². The Bertz CT molecular complexity index is 1140. The highest BCUT2D eigenvalue weighted by Gasteiger charge is 2.29. The highest BCUT2D eigenvalue weighted by atomic mass is 19.2. The summed E-state index contributed by atoms with van der Waals surface area (Å²) in [6.45, 7) is 0.832. The molecule has 0 radical (unpaired) electrons. The molecule has 0 unspecified atom stereocenters. The van der Waals surface area contributed by atoms with Crippen molar-refractivity contribution >= 4 is 17.3 Å². The second-order valence-corrected chi connectivity index (χ2v) is 5.99. The molecule has 29 heavy (non-hydrogen) atoms. The van der Waals surface area contributed by atoms with Crippen molar-refractivity contribution in [1.29, 1.82) is 0 Å². The van der Waals surface area contributed by atoms with Gasteiger partial charge < -0.3 is 5.32 Å². The van der Waals surface area contributed by atoms with Crippen LogP contribution < -0.4 is 5.32 Å². The van der Waals surface area contributed by atoms with Crippen molar-refractivity contribution in [3.8, 4) is 0 Å². The molecule has 9 nitrogen and oxygen atoms in total. The number of aryl methyl sites for hydroxylation is 1. The van der Waals surface area contributed by atoms with Gasteiger partial charge in [-0.2, -0.15) is 10.2 Å². The molecule has 3 rings (SSSR count). The van der Waals surface area contributed by atoms with E-state index in [0.29, 0.717) is 0 Å². The van der Waals surface area contributed by atoms with E-state index >= 15 is 0 Å². The lowest BCUT2D eigenvalue weighted by atomic mass is 10.2. The third-order valence-electron chi connectivity index (χ3n) is 4.12. The first-order chi connectivity index (χ1) is 13.6. The zero-order valence-electron chi connectivity index (χ0n) is 14.9. The number of halogens is 4. The lowest BCUT2D eigenvalue weighted by molar-refractivity contribution is -0.385. The van der Waals surface area contributed by atoms with E-state index in [1.54, 1.807) is 0 Å². The summed E-state index contributed by atoms with van der Waals surface area (Å²) >= 11 is 0. The molecule has 0 aliphatic heterocycles. The molecule has 0 fully saturated rings. The Morgan fingerprint density at radius 2 is 1.93 bits per heavy atom. The molecule has 0 saturated carbocycles. The SMILES string of the molecule is Cc1c([N+](=O)[O-])c(C(=O)Nc2cnn(Cc3c(F)cc(F)c(F)c3F)c2)nn1C. The molecule has 1 N–H and O–H groups in total. The van der Waals surface area contributed by atoms with Crippen molar-refractivity contribution in [2.45, 2.75) is 13.5 Å². The number of aromatic nitrogens is 4. The van der Waals surface area contributed by atoms with Crippen LogP contribution in [-0.2, 0) is 13.6 Å². The number of rotatable bonds is 5. The Kier molecular flexibility index (Phi) is 5.05. The molecular weight excluding hydrogens is 400 g/mol. The number of hydrogen-bond donors (Lipinski definition) is 1. The van der Waals surface area contributed by atoms with Crippen molar-refractivity contribution in [1.82, 2.24) is 19.6 Å². The minimum atomic E-state index is -1.82. The first-order valence-corrected chi connectivity index (χ1v) is 7.93. The maximum Gasteiger partial charge on any atom is 0.322 e. The summed E-state index contributed by atoms with van der Waals surface area (Å²) in [5, 5.41) is 21.1. The largest absolute Gasteiger partial charge is 0.322 e. The Hall–Kier alpha value is -3.77. The van der Waals surface area contributed by atoms with Gasteiger partial charge in [0.15, 0.2) is 17.5 Å². The standard InChI is InChI=1S/C16H12F4N6O3/c1-7-15(26(28)29)14(23-24(7)2)16(27)22-8-4-21-25(5-8)6-9-10(17)3-11(18)13(20)12(9)19/h3-5H,6H2,1-2H3,(H,22,27). The zero-order chi connectivity index (χ0) is 21.5. The number of amides is 1. The number of hydrogen-bond acceptors (Lipinski definition) is 5. The third-order valence-corrected chi connectivity index (χ3v) is 4.12. The summed E-state index contributed by atoms with van der Waals surface area (Å²) in [7, 11) is 1.43. The van der Waals surface area contributed by atoms with E-state index in [4.69, 9.17) is 0 Å². The second kappa shape index (κ2) is 7.33. The quantitative estimate of drug-likeness (QED) is 0.228. The van der Waals surface area contributed by atoms with Gasteiger partial charge in [0.05, 0.1) is 23.4 Å². The van der Waals surface area contributed by atoms with Crippen molar-refractivity contribution in [3.63, 3.8) is 0 Å². The molecule has 2 heterocycles. The lowest BCUT2D eigenvalue weighted by Crippen LogP contribution is -2.14. The van der Waals surface area contributed by atoms with E-state index < -0.39 is 57.6 Å². The zero-order valence-corrected chi connectivity index (χ0v) is 14.9. The smallest absolute Gasteiger partial charge is 0.318 e. The van der Waals surface area contributed by atoms with Gasteiger partial charge in [-0.05, 0) is 6.92 Å². The van der Waals surface area contributed by atoms with E-state index in [9.17, 15) is 32.5 Å². The van der Waals surface area contributed by atoms with Gasteiger partial charge >= 0.3 is 5.69 Å². The van der Waals surface area contributed by atoms with Crippen molar-refractivity contribution in [3.05, 3.63) is 68.8 Å². The summed E-state index contributed by atoms with van der Waals surface area (Å²) in [6.07, 6.45) is 2.26. The average Bonchev–Trinajstić information content (AvgIpc) is 3.21. The second-order valence-electron chi connectivity index (χ2n) is 5.99. The van der Waals surface area contributed by atoms with Gasteiger partial charge in [0.1, 0.15) is 11.5 Å². The Morgan fingerprint density at radius 1 is 1.24 bits per heavy atom. The van der Waals surface area contributed by atoms with Gasteiger partial charge in [0.2, 0.25) is 5.69 Å². The lowest BCUT2D eigenvalue weighted by Gasteiger charge is -2.06.